The summed E-state index contributed by atoms with van der Waals surface area (Å²) < 4.78 is 0. The molecular formula is C10H17NSi. The summed E-state index contributed by atoms with van der Waals surface area (Å²) in [4.78, 5) is 0. The van der Waals surface area contributed by atoms with E-state index in [4.69, 9.17) is 5.40 Å². The predicted molar refractivity (Wildman–Crippen MR) is 57.0 cm³/mol. The smallest absolute Gasteiger partial charge is 0.154 e. The Morgan fingerprint density at radius 3 is 2.00 bits per heavy atom. The molecule has 0 fully saturated rings. The van der Waals surface area contributed by atoms with E-state index in [2.05, 4.69) is 38.1 Å². The molecule has 1 nitrogen and oxygen atoms in total. The molecule has 66 valence electrons. The number of hydrogen-bond donors (Lipinski definition) is 1. The van der Waals surface area contributed by atoms with Gasteiger partial charge in [0.2, 0.25) is 0 Å². The van der Waals surface area contributed by atoms with E-state index < -0.39 is 8.24 Å². The molecule has 0 bridgehead atoms. The first kappa shape index (κ1) is 9.48. The van der Waals surface area contributed by atoms with Crippen molar-refractivity contribution in [2.75, 3.05) is 0 Å². The second kappa shape index (κ2) is 3.87. The van der Waals surface area contributed by atoms with E-state index in [-0.39, 0.29) is 0 Å². The Kier molecular flexibility index (Phi) is 3.06. The molecule has 0 saturated carbocycles. The molecule has 2 heteroatoms. The summed E-state index contributed by atoms with van der Waals surface area (Å²) in [6.45, 7) is 4.39. The minimum absolute atomic E-state index is 1.13. The summed E-state index contributed by atoms with van der Waals surface area (Å²) >= 11 is 0. The van der Waals surface area contributed by atoms with Gasteiger partial charge >= 0.3 is 0 Å². The maximum atomic E-state index is 6.36. The van der Waals surface area contributed by atoms with Crippen LogP contribution >= 0.6 is 0 Å². The molecule has 0 spiro atoms. The van der Waals surface area contributed by atoms with Gasteiger partial charge in [-0.15, -0.1) is 0 Å². The predicted octanol–water partition coefficient (Wildman–Crippen LogP) is 1.84. The van der Waals surface area contributed by atoms with E-state index in [1.54, 1.807) is 0 Å². The first-order chi connectivity index (χ1) is 5.73. The van der Waals surface area contributed by atoms with Gasteiger partial charge in [-0.25, -0.2) is 0 Å². The average Bonchev–Trinajstić information content (AvgIpc) is 2.18. The minimum atomic E-state index is -1.57. The van der Waals surface area contributed by atoms with Gasteiger partial charge < -0.3 is 5.40 Å². The first-order valence-corrected chi connectivity index (χ1v) is 7.06. The zero-order valence-corrected chi connectivity index (χ0v) is 8.88. The van der Waals surface area contributed by atoms with Gasteiger partial charge in [0.1, 0.15) is 0 Å². The lowest BCUT2D eigenvalue weighted by molar-refractivity contribution is 1.24. The van der Waals surface area contributed by atoms with Crippen molar-refractivity contribution >= 4 is 13.4 Å². The molecular weight excluding hydrogens is 162 g/mol. The van der Waals surface area contributed by atoms with Crippen LogP contribution in [0.25, 0.3) is 0 Å². The van der Waals surface area contributed by atoms with Crippen LogP contribution in [0.1, 0.15) is 13.8 Å². The van der Waals surface area contributed by atoms with Crippen LogP contribution in [0, 0.1) is 0 Å². The first-order valence-electron chi connectivity index (χ1n) is 4.57. The van der Waals surface area contributed by atoms with Crippen LogP contribution in [-0.4, -0.2) is 8.24 Å². The molecule has 12 heavy (non-hydrogen) atoms. The fourth-order valence-corrected chi connectivity index (χ4v) is 3.60. The Hall–Kier alpha value is -0.603. The number of rotatable bonds is 3. The molecule has 0 aliphatic heterocycles. The molecule has 0 aliphatic rings. The lowest BCUT2D eigenvalue weighted by Crippen LogP contribution is -2.55. The Labute approximate surface area is 75.7 Å². The zero-order chi connectivity index (χ0) is 9.03. The fourth-order valence-electron chi connectivity index (χ4n) is 1.43. The molecule has 0 heterocycles. The maximum Gasteiger partial charge on any atom is 0.154 e. The Bertz CT molecular complexity index is 229. The highest BCUT2D eigenvalue weighted by Gasteiger charge is 2.25. The summed E-state index contributed by atoms with van der Waals surface area (Å²) in [5, 5.41) is 7.74. The molecule has 0 saturated heterocycles. The summed E-state index contributed by atoms with van der Waals surface area (Å²) in [5.41, 5.74) is 0. The highest BCUT2D eigenvalue weighted by atomic mass is 28.3. The largest absolute Gasteiger partial charge is 0.347 e. The van der Waals surface area contributed by atoms with Gasteiger partial charge in [0, 0.05) is 0 Å². The molecule has 2 N–H and O–H groups in total. The second-order valence-electron chi connectivity index (χ2n) is 3.23. The van der Waals surface area contributed by atoms with Crippen molar-refractivity contribution in [2.45, 2.75) is 25.9 Å². The number of hydrogen-bond acceptors (Lipinski definition) is 1. The van der Waals surface area contributed by atoms with Crippen LogP contribution in [-0.2, 0) is 0 Å². The van der Waals surface area contributed by atoms with Crippen molar-refractivity contribution in [3.8, 4) is 0 Å². The molecule has 0 unspecified atom stereocenters. The summed E-state index contributed by atoms with van der Waals surface area (Å²) in [5.74, 6) is 0. The van der Waals surface area contributed by atoms with Gasteiger partial charge in [-0.1, -0.05) is 44.2 Å². The van der Waals surface area contributed by atoms with Gasteiger partial charge in [0.25, 0.3) is 0 Å². The topological polar surface area (TPSA) is 26.0 Å². The van der Waals surface area contributed by atoms with Crippen LogP contribution in [0.2, 0.25) is 12.1 Å². The summed E-state index contributed by atoms with van der Waals surface area (Å²) in [6.07, 6.45) is 0. The molecule has 1 aromatic rings. The van der Waals surface area contributed by atoms with E-state index >= 15 is 0 Å². The van der Waals surface area contributed by atoms with Crippen LogP contribution < -0.4 is 10.6 Å². The summed E-state index contributed by atoms with van der Waals surface area (Å²) in [6, 6.07) is 12.8. The minimum Gasteiger partial charge on any atom is -0.347 e. The third-order valence-electron chi connectivity index (χ3n) is 2.61. The van der Waals surface area contributed by atoms with E-state index in [0.717, 1.165) is 12.1 Å². The van der Waals surface area contributed by atoms with E-state index in [1.807, 2.05) is 6.07 Å². The van der Waals surface area contributed by atoms with E-state index in [0.29, 0.717) is 0 Å². The van der Waals surface area contributed by atoms with E-state index in [9.17, 15) is 0 Å². The van der Waals surface area contributed by atoms with Crippen LogP contribution in [0.4, 0.5) is 0 Å². The molecule has 1 rings (SSSR count). The molecule has 0 atom stereocenters. The lowest BCUT2D eigenvalue weighted by Gasteiger charge is -2.23. The quantitative estimate of drug-likeness (QED) is 0.704. The van der Waals surface area contributed by atoms with Crippen molar-refractivity contribution in [2.24, 2.45) is 5.40 Å². The third-order valence-corrected chi connectivity index (χ3v) is 6.62. The molecule has 0 aromatic heterocycles. The molecule has 0 amide bonds. The standard InChI is InChI=1S/C10H17NSi/c1-3-12(11,4-2)10-8-6-5-7-9-10/h5-9H,3-4,11H2,1-2H3. The van der Waals surface area contributed by atoms with Crippen molar-refractivity contribution in [1.82, 2.24) is 0 Å². The van der Waals surface area contributed by atoms with Gasteiger partial charge in [0.05, 0.1) is 0 Å². The van der Waals surface area contributed by atoms with Crippen LogP contribution in [0.15, 0.2) is 30.3 Å². The highest BCUT2D eigenvalue weighted by molar-refractivity contribution is 6.89. The highest BCUT2D eigenvalue weighted by Crippen LogP contribution is 2.07. The molecule has 0 radical (unpaired) electrons. The van der Waals surface area contributed by atoms with Gasteiger partial charge in [-0.2, -0.15) is 0 Å². The number of nitrogens with two attached hydrogens (primary N) is 1. The van der Waals surface area contributed by atoms with E-state index in [1.165, 1.54) is 5.19 Å². The van der Waals surface area contributed by atoms with Gasteiger partial charge in [-0.05, 0) is 17.3 Å². The van der Waals surface area contributed by atoms with Gasteiger partial charge in [-0.3, -0.25) is 0 Å². The fraction of sp³-hybridized carbons (Fsp3) is 0.400. The summed E-state index contributed by atoms with van der Waals surface area (Å²) in [7, 11) is -1.57. The van der Waals surface area contributed by atoms with Crippen LogP contribution in [0.3, 0.4) is 0 Å². The zero-order valence-electron chi connectivity index (χ0n) is 7.88. The maximum absolute atomic E-state index is 6.36. The lowest BCUT2D eigenvalue weighted by atomic mass is 10.4. The Balaban J connectivity index is 2.95. The van der Waals surface area contributed by atoms with Crippen LogP contribution in [0.5, 0.6) is 0 Å². The molecule has 1 aromatic carbocycles. The van der Waals surface area contributed by atoms with Crippen molar-refractivity contribution in [3.05, 3.63) is 30.3 Å². The Morgan fingerprint density at radius 2 is 1.58 bits per heavy atom. The van der Waals surface area contributed by atoms with Gasteiger partial charge in [0.15, 0.2) is 8.24 Å². The number of benzene rings is 1. The van der Waals surface area contributed by atoms with Crippen molar-refractivity contribution in [3.63, 3.8) is 0 Å². The van der Waals surface area contributed by atoms with Crippen molar-refractivity contribution < 1.29 is 0 Å². The second-order valence-corrected chi connectivity index (χ2v) is 7.53. The SMILES string of the molecule is CC[Si](N)(CC)c1ccccc1. The average molecular weight is 179 g/mol. The van der Waals surface area contributed by atoms with Crippen molar-refractivity contribution in [1.29, 1.82) is 0 Å². The molecule has 0 aliphatic carbocycles. The normalized spacial score (nSPS) is 11.6. The Morgan fingerprint density at radius 1 is 1.08 bits per heavy atom. The third kappa shape index (κ3) is 1.76. The monoisotopic (exact) mass is 179 g/mol.